The van der Waals surface area contributed by atoms with Gasteiger partial charge in [0, 0.05) is 18.2 Å². The van der Waals surface area contributed by atoms with Crippen molar-refractivity contribution in [3.63, 3.8) is 0 Å². The predicted octanol–water partition coefficient (Wildman–Crippen LogP) is 3.06. The van der Waals surface area contributed by atoms with Crippen molar-refractivity contribution in [2.24, 2.45) is 5.92 Å². The molecular formula is C17H26N2O. The normalized spacial score (nSPS) is 15.9. The molecule has 2 N–H and O–H groups in total. The summed E-state index contributed by atoms with van der Waals surface area (Å²) >= 11 is 0. The molecule has 0 saturated heterocycles. The van der Waals surface area contributed by atoms with Crippen LogP contribution >= 0.6 is 0 Å². The van der Waals surface area contributed by atoms with Crippen LogP contribution in [0, 0.1) is 5.92 Å². The quantitative estimate of drug-likeness (QED) is 0.837. The second-order valence-electron chi connectivity index (χ2n) is 6.00. The Hall–Kier alpha value is -1.35. The van der Waals surface area contributed by atoms with Crippen LogP contribution in [0.4, 0.5) is 0 Å². The van der Waals surface area contributed by atoms with Crippen molar-refractivity contribution >= 4 is 5.91 Å². The van der Waals surface area contributed by atoms with Gasteiger partial charge in [0.05, 0.1) is 0 Å². The first-order chi connectivity index (χ1) is 9.61. The first kappa shape index (κ1) is 15.0. The van der Waals surface area contributed by atoms with Gasteiger partial charge in [-0.3, -0.25) is 4.79 Å². The Morgan fingerprint density at radius 3 is 2.80 bits per heavy atom. The molecule has 2 rings (SSSR count). The Morgan fingerprint density at radius 2 is 2.10 bits per heavy atom. The fourth-order valence-electron chi connectivity index (χ4n) is 2.78. The molecule has 0 radical (unpaired) electrons. The lowest BCUT2D eigenvalue weighted by Crippen LogP contribution is -2.32. The van der Waals surface area contributed by atoms with Gasteiger partial charge in [0.1, 0.15) is 0 Å². The first-order valence-electron chi connectivity index (χ1n) is 7.76. The van der Waals surface area contributed by atoms with Gasteiger partial charge in [-0.15, -0.1) is 0 Å². The average Bonchev–Trinajstić information content (AvgIpc) is 2.43. The maximum absolute atomic E-state index is 12.0. The highest BCUT2D eigenvalue weighted by Gasteiger charge is 2.19. The Bertz CT molecular complexity index is 468. The molecule has 3 heteroatoms. The third-order valence-corrected chi connectivity index (χ3v) is 3.94. The minimum atomic E-state index is 0.0761. The van der Waals surface area contributed by atoms with E-state index >= 15 is 0 Å². The minimum absolute atomic E-state index is 0.0761. The molecule has 0 spiro atoms. The van der Waals surface area contributed by atoms with Gasteiger partial charge in [-0.1, -0.05) is 32.9 Å². The second kappa shape index (κ2) is 6.89. The summed E-state index contributed by atoms with van der Waals surface area (Å²) in [6, 6.07) is 6.74. The van der Waals surface area contributed by atoms with Crippen LogP contribution in [0.3, 0.4) is 0 Å². The molecule has 1 aliphatic heterocycles. The third kappa shape index (κ3) is 3.60. The summed E-state index contributed by atoms with van der Waals surface area (Å²) in [5.74, 6) is 0.782. The van der Waals surface area contributed by atoms with E-state index in [1.807, 2.05) is 0 Å². The molecule has 1 amide bonds. The maximum Gasteiger partial charge on any atom is 0.251 e. The van der Waals surface area contributed by atoms with E-state index < -0.39 is 0 Å². The molecule has 1 atom stereocenters. The van der Waals surface area contributed by atoms with Crippen molar-refractivity contribution in [1.82, 2.24) is 10.6 Å². The van der Waals surface area contributed by atoms with E-state index in [4.69, 9.17) is 0 Å². The SMILES string of the molecule is CCNC(CCC(C)C)c1ccc2c(c1)C(=O)NCC2. The molecular weight excluding hydrogens is 248 g/mol. The fourth-order valence-corrected chi connectivity index (χ4v) is 2.78. The number of hydrogen-bond acceptors (Lipinski definition) is 2. The second-order valence-corrected chi connectivity index (χ2v) is 6.00. The maximum atomic E-state index is 12.0. The van der Waals surface area contributed by atoms with Crippen LogP contribution in [-0.4, -0.2) is 19.0 Å². The van der Waals surface area contributed by atoms with Crippen molar-refractivity contribution in [3.8, 4) is 0 Å². The molecule has 20 heavy (non-hydrogen) atoms. The lowest BCUT2D eigenvalue weighted by Gasteiger charge is -2.22. The van der Waals surface area contributed by atoms with Crippen molar-refractivity contribution in [1.29, 1.82) is 0 Å². The molecule has 0 fully saturated rings. The molecule has 110 valence electrons. The number of fused-ring (bicyclic) bond motifs is 1. The van der Waals surface area contributed by atoms with Crippen molar-refractivity contribution in [2.75, 3.05) is 13.1 Å². The Labute approximate surface area is 122 Å². The van der Waals surface area contributed by atoms with E-state index in [1.54, 1.807) is 0 Å². The van der Waals surface area contributed by atoms with Crippen LogP contribution in [-0.2, 0) is 6.42 Å². The van der Waals surface area contributed by atoms with Gasteiger partial charge in [0.25, 0.3) is 5.91 Å². The summed E-state index contributed by atoms with van der Waals surface area (Å²) in [4.78, 5) is 12.0. The number of benzene rings is 1. The van der Waals surface area contributed by atoms with Gasteiger partial charge in [0.15, 0.2) is 0 Å². The first-order valence-corrected chi connectivity index (χ1v) is 7.76. The van der Waals surface area contributed by atoms with E-state index in [9.17, 15) is 4.79 Å². The van der Waals surface area contributed by atoms with Crippen LogP contribution in [0.2, 0.25) is 0 Å². The summed E-state index contributed by atoms with van der Waals surface area (Å²) in [7, 11) is 0. The average molecular weight is 274 g/mol. The summed E-state index contributed by atoms with van der Waals surface area (Å²) in [5, 5.41) is 6.47. The zero-order chi connectivity index (χ0) is 14.5. The predicted molar refractivity (Wildman–Crippen MR) is 83.0 cm³/mol. The van der Waals surface area contributed by atoms with E-state index in [0.29, 0.717) is 12.0 Å². The molecule has 3 nitrogen and oxygen atoms in total. The number of nitrogens with one attached hydrogen (secondary N) is 2. The lowest BCUT2D eigenvalue weighted by molar-refractivity contribution is 0.0946. The van der Waals surface area contributed by atoms with Gasteiger partial charge < -0.3 is 10.6 Å². The van der Waals surface area contributed by atoms with Crippen LogP contribution in [0.5, 0.6) is 0 Å². The van der Waals surface area contributed by atoms with Gasteiger partial charge in [-0.2, -0.15) is 0 Å². The third-order valence-electron chi connectivity index (χ3n) is 3.94. The highest BCUT2D eigenvalue weighted by molar-refractivity contribution is 5.96. The molecule has 1 aliphatic rings. The zero-order valence-corrected chi connectivity index (χ0v) is 12.8. The van der Waals surface area contributed by atoms with E-state index in [0.717, 1.165) is 31.5 Å². The van der Waals surface area contributed by atoms with Crippen LogP contribution in [0.25, 0.3) is 0 Å². The van der Waals surface area contributed by atoms with Crippen molar-refractivity contribution in [3.05, 3.63) is 34.9 Å². The largest absolute Gasteiger partial charge is 0.352 e. The van der Waals surface area contributed by atoms with Gasteiger partial charge in [-0.25, -0.2) is 0 Å². The molecule has 0 bridgehead atoms. The Kier molecular flexibility index (Phi) is 5.18. The molecule has 0 aliphatic carbocycles. The van der Waals surface area contributed by atoms with Gasteiger partial charge in [0.2, 0.25) is 0 Å². The molecule has 1 unspecified atom stereocenters. The van der Waals surface area contributed by atoms with Crippen molar-refractivity contribution < 1.29 is 4.79 Å². The van der Waals surface area contributed by atoms with Crippen LogP contribution in [0.15, 0.2) is 18.2 Å². The molecule has 1 aromatic carbocycles. The summed E-state index contributed by atoms with van der Waals surface area (Å²) < 4.78 is 0. The molecule has 1 heterocycles. The number of amides is 1. The minimum Gasteiger partial charge on any atom is -0.352 e. The molecule has 1 aromatic rings. The van der Waals surface area contributed by atoms with E-state index in [2.05, 4.69) is 49.6 Å². The zero-order valence-electron chi connectivity index (χ0n) is 12.8. The summed E-state index contributed by atoms with van der Waals surface area (Å²) in [6.45, 7) is 8.35. The highest BCUT2D eigenvalue weighted by atomic mass is 16.1. The topological polar surface area (TPSA) is 41.1 Å². The van der Waals surface area contributed by atoms with Gasteiger partial charge in [-0.05, 0) is 48.9 Å². The van der Waals surface area contributed by atoms with Gasteiger partial charge >= 0.3 is 0 Å². The van der Waals surface area contributed by atoms with E-state index in [1.165, 1.54) is 17.5 Å². The lowest BCUT2D eigenvalue weighted by atomic mass is 9.92. The standard InChI is InChI=1S/C17H26N2O/c1-4-18-16(8-5-12(2)3)14-7-6-13-9-10-19-17(20)15(13)11-14/h6-7,11-12,16,18H,4-5,8-10H2,1-3H3,(H,19,20). The fraction of sp³-hybridized carbons (Fsp3) is 0.588. The van der Waals surface area contributed by atoms with Crippen LogP contribution < -0.4 is 10.6 Å². The number of hydrogen-bond donors (Lipinski definition) is 2. The van der Waals surface area contributed by atoms with E-state index in [-0.39, 0.29) is 5.91 Å². The van der Waals surface area contributed by atoms with Crippen LogP contribution in [0.1, 0.15) is 61.1 Å². The Morgan fingerprint density at radius 1 is 1.30 bits per heavy atom. The highest BCUT2D eigenvalue weighted by Crippen LogP contribution is 2.24. The molecule has 0 saturated carbocycles. The Balaban J connectivity index is 2.20. The number of carbonyl (C=O) groups excluding carboxylic acids is 1. The summed E-state index contributed by atoms with van der Waals surface area (Å²) in [5.41, 5.74) is 3.28. The van der Waals surface area contributed by atoms with Crippen molar-refractivity contribution in [2.45, 2.75) is 46.1 Å². The molecule has 0 aromatic heterocycles. The monoisotopic (exact) mass is 274 g/mol. The number of rotatable bonds is 6. The summed E-state index contributed by atoms with van der Waals surface area (Å²) in [6.07, 6.45) is 3.26. The number of carbonyl (C=O) groups is 1. The smallest absolute Gasteiger partial charge is 0.251 e.